The lowest BCUT2D eigenvalue weighted by molar-refractivity contribution is 0.00578. The van der Waals surface area contributed by atoms with Crippen molar-refractivity contribution in [2.24, 2.45) is 0 Å². The van der Waals surface area contributed by atoms with Crippen LogP contribution in [-0.4, -0.2) is 34.1 Å². The predicted molar refractivity (Wildman–Crippen MR) is 64.3 cm³/mol. The van der Waals surface area contributed by atoms with Crippen LogP contribution in [0.1, 0.15) is 45.2 Å². The van der Waals surface area contributed by atoms with Gasteiger partial charge in [-0.2, -0.15) is 0 Å². The van der Waals surface area contributed by atoms with Crippen molar-refractivity contribution in [2.75, 3.05) is 0 Å². The Labute approximate surface area is 101 Å². The molecule has 1 N–H and O–H groups in total. The van der Waals surface area contributed by atoms with Gasteiger partial charge in [0.2, 0.25) is 0 Å². The van der Waals surface area contributed by atoms with Crippen LogP contribution in [0, 0.1) is 0 Å². The molecule has 0 spiro atoms. The Hall–Kier alpha value is -1.14. The molecular weight excluding hydrogens is 219 g/mol. The van der Waals surface area contributed by atoms with Gasteiger partial charge in [0.15, 0.2) is 11.6 Å². The van der Waals surface area contributed by atoms with Gasteiger partial charge in [-0.3, -0.25) is 4.79 Å². The first-order valence-corrected chi connectivity index (χ1v) is 5.64. The van der Waals surface area contributed by atoms with E-state index in [0.717, 1.165) is 0 Å². The molecule has 6 heteroatoms. The van der Waals surface area contributed by atoms with Crippen LogP contribution in [0.3, 0.4) is 0 Å². The molecule has 1 aromatic heterocycles. The molecule has 0 unspecified atom stereocenters. The summed E-state index contributed by atoms with van der Waals surface area (Å²) in [5.41, 5.74) is -0.105. The number of rotatable bonds is 2. The molecule has 1 saturated heterocycles. The number of carbonyl (C=O) groups is 1. The van der Waals surface area contributed by atoms with Crippen LogP contribution in [0.4, 0.5) is 0 Å². The van der Waals surface area contributed by atoms with Gasteiger partial charge in [-0.15, -0.1) is 0 Å². The standard InChI is InChI=1S/C11H17BN2O3/c1-7(15)9-13-6-8(14-9)12-16-10(2,3)11(4,5)17-12/h6H,1-5H3,(H,13,14). The zero-order chi connectivity index (χ0) is 12.8. The van der Waals surface area contributed by atoms with E-state index in [2.05, 4.69) is 9.97 Å². The average molecular weight is 236 g/mol. The number of nitrogens with one attached hydrogen (secondary N) is 1. The Morgan fingerprint density at radius 1 is 1.29 bits per heavy atom. The number of Topliss-reactive ketones (excluding diaryl/α,β-unsaturated/α-hetero) is 1. The summed E-state index contributed by atoms with van der Waals surface area (Å²) >= 11 is 0. The first kappa shape index (κ1) is 12.3. The van der Waals surface area contributed by atoms with E-state index in [-0.39, 0.29) is 17.0 Å². The van der Waals surface area contributed by atoms with Gasteiger partial charge in [0.05, 0.1) is 16.8 Å². The fraction of sp³-hybridized carbons (Fsp3) is 0.636. The molecule has 2 rings (SSSR count). The minimum Gasteiger partial charge on any atom is -0.398 e. The second-order valence-electron chi connectivity index (χ2n) is 5.33. The maximum atomic E-state index is 11.2. The fourth-order valence-electron chi connectivity index (χ4n) is 1.60. The van der Waals surface area contributed by atoms with E-state index in [1.807, 2.05) is 27.7 Å². The van der Waals surface area contributed by atoms with Crippen LogP contribution in [-0.2, 0) is 9.31 Å². The zero-order valence-electron chi connectivity index (χ0n) is 10.8. The Bertz CT molecular complexity index is 437. The molecular formula is C11H17BN2O3. The summed E-state index contributed by atoms with van der Waals surface area (Å²) < 4.78 is 11.7. The van der Waals surface area contributed by atoms with Crippen molar-refractivity contribution < 1.29 is 14.1 Å². The lowest BCUT2D eigenvalue weighted by Crippen LogP contribution is -2.41. The number of hydrogen-bond donors (Lipinski definition) is 1. The van der Waals surface area contributed by atoms with Crippen molar-refractivity contribution >= 4 is 18.5 Å². The summed E-state index contributed by atoms with van der Waals surface area (Å²) in [4.78, 5) is 18.1. The number of H-pyrrole nitrogens is 1. The molecule has 0 bridgehead atoms. The highest BCUT2D eigenvalue weighted by molar-refractivity contribution is 6.61. The van der Waals surface area contributed by atoms with Gasteiger partial charge in [-0.25, -0.2) is 4.98 Å². The number of aromatic amines is 1. The van der Waals surface area contributed by atoms with E-state index in [9.17, 15) is 4.79 Å². The van der Waals surface area contributed by atoms with E-state index in [1.165, 1.54) is 6.92 Å². The highest BCUT2D eigenvalue weighted by Crippen LogP contribution is 2.36. The van der Waals surface area contributed by atoms with Gasteiger partial charge in [-0.1, -0.05) is 0 Å². The smallest absolute Gasteiger partial charge is 0.398 e. The number of hydrogen-bond acceptors (Lipinski definition) is 4. The Kier molecular flexibility index (Phi) is 2.67. The SMILES string of the molecule is CC(=O)c1ncc(B2OC(C)(C)C(C)(C)O2)[nH]1. The third-order valence-electron chi connectivity index (χ3n) is 3.44. The van der Waals surface area contributed by atoms with E-state index >= 15 is 0 Å². The third kappa shape index (κ3) is 2.02. The Morgan fingerprint density at radius 3 is 2.24 bits per heavy atom. The van der Waals surface area contributed by atoms with Crippen molar-refractivity contribution in [2.45, 2.75) is 45.8 Å². The van der Waals surface area contributed by atoms with Crippen LogP contribution < -0.4 is 5.59 Å². The van der Waals surface area contributed by atoms with Crippen LogP contribution in [0.25, 0.3) is 0 Å². The lowest BCUT2D eigenvalue weighted by atomic mass is 9.86. The highest BCUT2D eigenvalue weighted by atomic mass is 16.7. The van der Waals surface area contributed by atoms with Gasteiger partial charge in [-0.05, 0) is 27.7 Å². The largest absolute Gasteiger partial charge is 0.513 e. The number of carbonyl (C=O) groups excluding carboxylic acids is 1. The quantitative estimate of drug-likeness (QED) is 0.612. The molecule has 1 aliphatic rings. The normalized spacial score (nSPS) is 21.8. The molecule has 1 aliphatic heterocycles. The van der Waals surface area contributed by atoms with Gasteiger partial charge in [0.1, 0.15) is 0 Å². The first-order chi connectivity index (χ1) is 7.73. The van der Waals surface area contributed by atoms with Crippen LogP contribution in [0.2, 0.25) is 0 Å². The fourth-order valence-corrected chi connectivity index (χ4v) is 1.60. The van der Waals surface area contributed by atoms with Crippen molar-refractivity contribution in [1.82, 2.24) is 9.97 Å². The van der Waals surface area contributed by atoms with E-state index in [4.69, 9.17) is 9.31 Å². The maximum absolute atomic E-state index is 11.2. The molecule has 0 amide bonds. The van der Waals surface area contributed by atoms with Gasteiger partial charge < -0.3 is 14.3 Å². The first-order valence-electron chi connectivity index (χ1n) is 5.64. The summed E-state index contributed by atoms with van der Waals surface area (Å²) in [6, 6.07) is 0. The summed E-state index contributed by atoms with van der Waals surface area (Å²) in [7, 11) is -0.499. The molecule has 0 aliphatic carbocycles. The average Bonchev–Trinajstić information content (AvgIpc) is 2.70. The zero-order valence-corrected chi connectivity index (χ0v) is 10.8. The van der Waals surface area contributed by atoms with Crippen molar-refractivity contribution in [3.8, 4) is 0 Å². The molecule has 0 atom stereocenters. The number of ketones is 1. The van der Waals surface area contributed by atoms with E-state index in [1.54, 1.807) is 6.20 Å². The lowest BCUT2D eigenvalue weighted by Gasteiger charge is -2.32. The van der Waals surface area contributed by atoms with Crippen molar-refractivity contribution in [1.29, 1.82) is 0 Å². The maximum Gasteiger partial charge on any atom is 0.513 e. The number of imidazole rings is 1. The molecule has 5 nitrogen and oxygen atoms in total. The molecule has 2 heterocycles. The summed E-state index contributed by atoms with van der Waals surface area (Å²) in [6.45, 7) is 9.39. The highest BCUT2D eigenvalue weighted by Gasteiger charge is 2.52. The Balaban J connectivity index is 2.23. The summed E-state index contributed by atoms with van der Waals surface area (Å²) in [5, 5.41) is 0. The van der Waals surface area contributed by atoms with E-state index < -0.39 is 7.12 Å². The summed E-state index contributed by atoms with van der Waals surface area (Å²) in [6.07, 6.45) is 1.58. The molecule has 0 saturated carbocycles. The summed E-state index contributed by atoms with van der Waals surface area (Å²) in [5.74, 6) is 0.225. The molecule has 92 valence electrons. The topological polar surface area (TPSA) is 64.2 Å². The molecule has 1 aromatic rings. The van der Waals surface area contributed by atoms with Gasteiger partial charge >= 0.3 is 7.12 Å². The molecule has 0 radical (unpaired) electrons. The Morgan fingerprint density at radius 2 is 1.82 bits per heavy atom. The van der Waals surface area contributed by atoms with Gasteiger partial charge in [0, 0.05) is 13.1 Å². The molecule has 0 aromatic carbocycles. The monoisotopic (exact) mass is 236 g/mol. The minimum atomic E-state index is -0.499. The van der Waals surface area contributed by atoms with Gasteiger partial charge in [0.25, 0.3) is 0 Å². The van der Waals surface area contributed by atoms with Crippen LogP contribution >= 0.6 is 0 Å². The molecule has 1 fully saturated rings. The predicted octanol–water partition coefficient (Wildman–Crippen LogP) is 0.911. The van der Waals surface area contributed by atoms with Crippen LogP contribution in [0.5, 0.6) is 0 Å². The van der Waals surface area contributed by atoms with Crippen molar-refractivity contribution in [3.05, 3.63) is 12.0 Å². The van der Waals surface area contributed by atoms with Crippen molar-refractivity contribution in [3.63, 3.8) is 0 Å². The van der Waals surface area contributed by atoms with Crippen LogP contribution in [0.15, 0.2) is 6.20 Å². The molecule has 17 heavy (non-hydrogen) atoms. The van der Waals surface area contributed by atoms with E-state index in [0.29, 0.717) is 11.4 Å². The number of nitrogens with zero attached hydrogens (tertiary/aromatic N) is 1. The number of aromatic nitrogens is 2. The minimum absolute atomic E-state index is 0.104. The second-order valence-corrected chi connectivity index (χ2v) is 5.33. The second kappa shape index (κ2) is 3.68. The third-order valence-corrected chi connectivity index (χ3v) is 3.44.